The van der Waals surface area contributed by atoms with E-state index in [1.165, 1.54) is 0 Å². The number of thioether (sulfide) groups is 2. The first-order valence-electron chi connectivity index (χ1n) is 6.31. The van der Waals surface area contributed by atoms with Crippen molar-refractivity contribution in [2.45, 2.75) is 35.9 Å². The van der Waals surface area contributed by atoms with Crippen LogP contribution in [0, 0.1) is 0 Å². The van der Waals surface area contributed by atoms with Crippen LogP contribution in [-0.2, 0) is 9.47 Å². The molecule has 2 rings (SSSR count). The van der Waals surface area contributed by atoms with Gasteiger partial charge in [-0.1, -0.05) is 13.8 Å². The fourth-order valence-corrected chi connectivity index (χ4v) is 4.78. The molecule has 0 saturated carbocycles. The summed E-state index contributed by atoms with van der Waals surface area (Å²) in [6.45, 7) is 4.55. The summed E-state index contributed by atoms with van der Waals surface area (Å²) in [7, 11) is 3.23. The Morgan fingerprint density at radius 2 is 2.00 bits per heavy atom. The monoisotopic (exact) mass is 300 g/mol. The largest absolute Gasteiger partial charge is 0.350 e. The maximum atomic E-state index is 5.24. The third-order valence-corrected chi connectivity index (χ3v) is 6.59. The number of hydrogen-bond acceptors (Lipinski definition) is 6. The molecule has 1 aliphatic heterocycles. The first kappa shape index (κ1) is 15.1. The van der Waals surface area contributed by atoms with Crippen molar-refractivity contribution in [3.05, 3.63) is 23.8 Å². The highest BCUT2D eigenvalue weighted by Crippen LogP contribution is 2.43. The molecule has 1 fully saturated rings. The molecule has 0 amide bonds. The van der Waals surface area contributed by atoms with Gasteiger partial charge in [0.05, 0.1) is 10.9 Å². The lowest BCUT2D eigenvalue weighted by atomic mass is 10.3. The minimum absolute atomic E-state index is 0.352. The summed E-state index contributed by atoms with van der Waals surface area (Å²) < 4.78 is 10.5. The normalized spacial score (nSPS) is 27.7. The van der Waals surface area contributed by atoms with Crippen molar-refractivity contribution in [2.75, 3.05) is 20.0 Å². The fraction of sp³-hybridized carbons (Fsp3) is 0.692. The van der Waals surface area contributed by atoms with Crippen LogP contribution in [0.4, 0.5) is 0 Å². The fourth-order valence-electron chi connectivity index (χ4n) is 1.93. The van der Waals surface area contributed by atoms with Gasteiger partial charge in [-0.25, -0.2) is 9.97 Å². The lowest BCUT2D eigenvalue weighted by molar-refractivity contribution is -0.108. The van der Waals surface area contributed by atoms with E-state index in [1.54, 1.807) is 20.4 Å². The van der Waals surface area contributed by atoms with E-state index < -0.39 is 6.29 Å². The predicted molar refractivity (Wildman–Crippen MR) is 80.5 cm³/mol. The number of rotatable bonds is 4. The maximum absolute atomic E-state index is 5.24. The zero-order valence-corrected chi connectivity index (χ0v) is 13.3. The minimum Gasteiger partial charge on any atom is -0.350 e. The van der Waals surface area contributed by atoms with Crippen LogP contribution in [0.15, 0.2) is 12.3 Å². The van der Waals surface area contributed by atoms with Crippen molar-refractivity contribution in [2.24, 2.45) is 0 Å². The molecular formula is C13H20N2O2S2. The molecule has 0 N–H and O–H groups in total. The zero-order chi connectivity index (χ0) is 13.8. The number of methoxy groups -OCH3 is 2. The topological polar surface area (TPSA) is 44.2 Å². The van der Waals surface area contributed by atoms with Gasteiger partial charge < -0.3 is 9.47 Å². The summed E-state index contributed by atoms with van der Waals surface area (Å²) in [5.41, 5.74) is 0.784. The van der Waals surface area contributed by atoms with Crippen LogP contribution in [0.1, 0.15) is 36.9 Å². The highest BCUT2D eigenvalue weighted by atomic mass is 32.2. The summed E-state index contributed by atoms with van der Waals surface area (Å²) in [5, 5.41) is 1.66. The summed E-state index contributed by atoms with van der Waals surface area (Å²) in [5.74, 6) is 1.94. The van der Waals surface area contributed by atoms with Crippen molar-refractivity contribution in [3.63, 3.8) is 0 Å². The number of nitrogens with zero attached hydrogens (tertiary/aromatic N) is 2. The second kappa shape index (κ2) is 6.92. The first-order valence-corrected chi connectivity index (χ1v) is 8.30. The quantitative estimate of drug-likeness (QED) is 0.796. The van der Waals surface area contributed by atoms with Gasteiger partial charge in [0, 0.05) is 36.7 Å². The van der Waals surface area contributed by atoms with Gasteiger partial charge in [-0.15, -0.1) is 11.8 Å². The molecule has 19 heavy (non-hydrogen) atoms. The Labute approximate surface area is 123 Å². The number of ether oxygens (including phenoxy) is 2. The van der Waals surface area contributed by atoms with Crippen LogP contribution in [0.5, 0.6) is 0 Å². The lowest BCUT2D eigenvalue weighted by Crippen LogP contribution is -2.23. The lowest BCUT2D eigenvalue weighted by Gasteiger charge is -2.30. The molecule has 106 valence electrons. The average molecular weight is 300 g/mol. The summed E-state index contributed by atoms with van der Waals surface area (Å²) in [6.07, 6.45) is 1.37. The molecule has 0 radical (unpaired) electrons. The van der Waals surface area contributed by atoms with E-state index >= 15 is 0 Å². The van der Waals surface area contributed by atoms with Gasteiger partial charge in [-0.05, 0) is 6.07 Å². The van der Waals surface area contributed by atoms with Crippen molar-refractivity contribution in [1.82, 2.24) is 9.97 Å². The minimum atomic E-state index is -0.417. The molecule has 1 aromatic heterocycles. The molecule has 1 saturated heterocycles. The molecule has 1 aliphatic rings. The Morgan fingerprint density at radius 3 is 2.63 bits per heavy atom. The van der Waals surface area contributed by atoms with Gasteiger partial charge >= 0.3 is 0 Å². The van der Waals surface area contributed by atoms with E-state index in [9.17, 15) is 0 Å². The summed E-state index contributed by atoms with van der Waals surface area (Å²) in [6, 6.07) is 1.84. The van der Waals surface area contributed by atoms with Gasteiger partial charge in [0.25, 0.3) is 0 Å². The molecule has 0 aromatic carbocycles. The van der Waals surface area contributed by atoms with E-state index in [-0.39, 0.29) is 0 Å². The Balaban J connectivity index is 2.14. The molecule has 0 spiro atoms. The summed E-state index contributed by atoms with van der Waals surface area (Å²) in [4.78, 5) is 9.02. The number of aromatic nitrogens is 2. The van der Waals surface area contributed by atoms with Crippen molar-refractivity contribution in [1.29, 1.82) is 0 Å². The molecule has 0 aliphatic carbocycles. The van der Waals surface area contributed by atoms with Crippen LogP contribution in [0.25, 0.3) is 0 Å². The molecule has 2 heterocycles. The van der Waals surface area contributed by atoms with Gasteiger partial charge in [-0.3, -0.25) is 0 Å². The van der Waals surface area contributed by atoms with Crippen molar-refractivity contribution in [3.8, 4) is 0 Å². The second-order valence-corrected chi connectivity index (χ2v) is 7.51. The van der Waals surface area contributed by atoms with Crippen LogP contribution in [0.2, 0.25) is 0 Å². The Kier molecular flexibility index (Phi) is 5.50. The van der Waals surface area contributed by atoms with Crippen molar-refractivity contribution < 1.29 is 9.47 Å². The molecule has 3 atom stereocenters. The molecule has 0 bridgehead atoms. The summed E-state index contributed by atoms with van der Waals surface area (Å²) >= 11 is 3.95. The van der Waals surface area contributed by atoms with E-state index in [1.807, 2.05) is 29.6 Å². The van der Waals surface area contributed by atoms with E-state index in [0.717, 1.165) is 17.3 Å². The van der Waals surface area contributed by atoms with Gasteiger partial charge in [0.2, 0.25) is 6.29 Å². The van der Waals surface area contributed by atoms with Gasteiger partial charge in [-0.2, -0.15) is 11.8 Å². The van der Waals surface area contributed by atoms with Crippen LogP contribution >= 0.6 is 23.5 Å². The molecule has 3 unspecified atom stereocenters. The van der Waals surface area contributed by atoms with Gasteiger partial charge in [0.15, 0.2) is 0 Å². The molecule has 4 nitrogen and oxygen atoms in total. The highest BCUT2D eigenvalue weighted by Gasteiger charge is 2.28. The van der Waals surface area contributed by atoms with E-state index in [0.29, 0.717) is 15.7 Å². The predicted octanol–water partition coefficient (Wildman–Crippen LogP) is 3.07. The number of hydrogen-bond donors (Lipinski definition) is 0. The first-order chi connectivity index (χ1) is 9.15. The van der Waals surface area contributed by atoms with Crippen LogP contribution in [-0.4, -0.2) is 40.4 Å². The van der Waals surface area contributed by atoms with E-state index in [2.05, 4.69) is 23.8 Å². The Bertz CT molecular complexity index is 415. The van der Waals surface area contributed by atoms with Crippen molar-refractivity contribution >= 4 is 23.5 Å². The molecule has 6 heteroatoms. The average Bonchev–Trinajstić information content (AvgIpc) is 2.44. The zero-order valence-electron chi connectivity index (χ0n) is 11.7. The Morgan fingerprint density at radius 1 is 1.26 bits per heavy atom. The molecular weight excluding hydrogens is 280 g/mol. The SMILES string of the molecule is COC(OC)c1ccnc(C2CSC(C)C(C)S2)n1. The second-order valence-electron chi connectivity index (χ2n) is 4.51. The van der Waals surface area contributed by atoms with Crippen LogP contribution < -0.4 is 0 Å². The Hall–Kier alpha value is -0.300. The highest BCUT2D eigenvalue weighted by molar-refractivity contribution is 8.07. The van der Waals surface area contributed by atoms with E-state index in [4.69, 9.17) is 9.47 Å². The standard InChI is InChI=1S/C13H20N2O2S2/c1-8-9(2)19-11(7-18-8)12-14-6-5-10(15-12)13(16-3)17-4/h5-6,8-9,11,13H,7H2,1-4H3. The maximum Gasteiger partial charge on any atom is 0.200 e. The van der Waals surface area contributed by atoms with Crippen LogP contribution in [0.3, 0.4) is 0 Å². The third-order valence-electron chi connectivity index (χ3n) is 3.20. The third kappa shape index (κ3) is 3.62. The smallest absolute Gasteiger partial charge is 0.200 e. The van der Waals surface area contributed by atoms with Gasteiger partial charge in [0.1, 0.15) is 5.82 Å². The molecule has 1 aromatic rings.